The van der Waals surface area contributed by atoms with Crippen LogP contribution in [-0.2, 0) is 9.59 Å². The minimum atomic E-state index is -0.939. The Morgan fingerprint density at radius 3 is 2.71 bits per heavy atom. The van der Waals surface area contributed by atoms with E-state index < -0.39 is 5.97 Å². The number of hydrogen-bond donors (Lipinski definition) is 2. The molecular formula is C16H20N2O3. The summed E-state index contributed by atoms with van der Waals surface area (Å²) in [6.07, 6.45) is 2.93. The topological polar surface area (TPSA) is 69.6 Å². The Morgan fingerprint density at radius 1 is 1.24 bits per heavy atom. The van der Waals surface area contributed by atoms with Gasteiger partial charge >= 0.3 is 5.97 Å². The lowest BCUT2D eigenvalue weighted by atomic mass is 9.89. The van der Waals surface area contributed by atoms with Crippen LogP contribution in [0.5, 0.6) is 0 Å². The van der Waals surface area contributed by atoms with Gasteiger partial charge in [0, 0.05) is 18.8 Å². The molecule has 5 nitrogen and oxygen atoms in total. The number of carbonyl (C=O) groups is 2. The minimum absolute atomic E-state index is 0.0433. The van der Waals surface area contributed by atoms with Crippen LogP contribution in [0.3, 0.4) is 0 Å². The van der Waals surface area contributed by atoms with E-state index in [1.165, 1.54) is 4.90 Å². The first-order valence-corrected chi connectivity index (χ1v) is 7.48. The lowest BCUT2D eigenvalue weighted by molar-refractivity contribution is -0.145. The average Bonchev–Trinajstić information content (AvgIpc) is 3.29. The molecule has 1 atom stereocenters. The molecule has 0 aromatic heterocycles. The van der Waals surface area contributed by atoms with Crippen molar-refractivity contribution in [3.63, 3.8) is 0 Å². The van der Waals surface area contributed by atoms with Gasteiger partial charge < -0.3 is 15.3 Å². The van der Waals surface area contributed by atoms with Crippen molar-refractivity contribution in [3.05, 3.63) is 29.8 Å². The standard InChI is InChI=1S/C16H20N2O3/c19-15(20)10-18(9-11-5-6-11)16(21)13-7-8-17-14-4-2-1-3-12(13)14/h1-4,11,13,17H,5-10H2,(H,19,20). The quantitative estimate of drug-likeness (QED) is 0.868. The summed E-state index contributed by atoms with van der Waals surface area (Å²) >= 11 is 0. The maximum Gasteiger partial charge on any atom is 0.323 e. The maximum absolute atomic E-state index is 12.8. The molecule has 112 valence electrons. The van der Waals surface area contributed by atoms with Gasteiger partial charge in [0.15, 0.2) is 0 Å². The van der Waals surface area contributed by atoms with E-state index in [0.29, 0.717) is 12.5 Å². The van der Waals surface area contributed by atoms with Gasteiger partial charge in [0.25, 0.3) is 0 Å². The number of hydrogen-bond acceptors (Lipinski definition) is 3. The number of carboxylic acid groups (broad SMARTS) is 1. The fourth-order valence-electron chi connectivity index (χ4n) is 2.95. The molecule has 0 spiro atoms. The molecule has 2 aliphatic rings. The number of nitrogens with one attached hydrogen (secondary N) is 1. The Hall–Kier alpha value is -2.04. The van der Waals surface area contributed by atoms with E-state index in [2.05, 4.69) is 5.32 Å². The van der Waals surface area contributed by atoms with Gasteiger partial charge in [0.2, 0.25) is 5.91 Å². The molecule has 2 N–H and O–H groups in total. The number of aliphatic carboxylic acids is 1. The Bertz CT molecular complexity index is 554. The van der Waals surface area contributed by atoms with Crippen molar-refractivity contribution >= 4 is 17.6 Å². The van der Waals surface area contributed by atoms with Crippen LogP contribution in [0.2, 0.25) is 0 Å². The fourth-order valence-corrected chi connectivity index (χ4v) is 2.95. The number of nitrogens with zero attached hydrogens (tertiary/aromatic N) is 1. The van der Waals surface area contributed by atoms with Crippen molar-refractivity contribution in [1.82, 2.24) is 4.90 Å². The van der Waals surface area contributed by atoms with Crippen LogP contribution in [0.1, 0.15) is 30.7 Å². The Labute approximate surface area is 123 Å². The first-order valence-electron chi connectivity index (χ1n) is 7.48. The molecule has 1 unspecified atom stereocenters. The highest BCUT2D eigenvalue weighted by atomic mass is 16.4. The van der Waals surface area contributed by atoms with Crippen molar-refractivity contribution < 1.29 is 14.7 Å². The summed E-state index contributed by atoms with van der Waals surface area (Å²) in [5.74, 6) is -0.713. The minimum Gasteiger partial charge on any atom is -0.480 e. The van der Waals surface area contributed by atoms with Crippen LogP contribution >= 0.6 is 0 Å². The lowest BCUT2D eigenvalue weighted by Crippen LogP contribution is -2.41. The van der Waals surface area contributed by atoms with Crippen LogP contribution in [0.4, 0.5) is 5.69 Å². The van der Waals surface area contributed by atoms with Crippen LogP contribution in [-0.4, -0.2) is 41.5 Å². The Balaban J connectivity index is 1.80. The molecule has 1 aliphatic heterocycles. The molecule has 1 aromatic carbocycles. The SMILES string of the molecule is O=C(O)CN(CC1CC1)C(=O)C1CCNc2ccccc21. The monoisotopic (exact) mass is 288 g/mol. The summed E-state index contributed by atoms with van der Waals surface area (Å²) in [6, 6.07) is 7.80. The summed E-state index contributed by atoms with van der Waals surface area (Å²) < 4.78 is 0. The largest absolute Gasteiger partial charge is 0.480 e. The molecule has 1 aromatic rings. The van der Waals surface area contributed by atoms with E-state index in [1.54, 1.807) is 0 Å². The molecule has 0 bridgehead atoms. The molecule has 0 saturated heterocycles. The molecule has 1 aliphatic carbocycles. The van der Waals surface area contributed by atoms with Crippen molar-refractivity contribution in [3.8, 4) is 0 Å². The van der Waals surface area contributed by atoms with Gasteiger partial charge in [-0.3, -0.25) is 9.59 Å². The number of fused-ring (bicyclic) bond motifs is 1. The van der Waals surface area contributed by atoms with Crippen molar-refractivity contribution in [2.75, 3.05) is 25.0 Å². The van der Waals surface area contributed by atoms with E-state index >= 15 is 0 Å². The molecule has 1 fully saturated rings. The Morgan fingerprint density at radius 2 is 2.00 bits per heavy atom. The third kappa shape index (κ3) is 3.17. The van der Waals surface area contributed by atoms with Gasteiger partial charge in [-0.1, -0.05) is 18.2 Å². The number of para-hydroxylation sites is 1. The second kappa shape index (κ2) is 5.76. The predicted molar refractivity (Wildman–Crippen MR) is 79.2 cm³/mol. The zero-order valence-electron chi connectivity index (χ0n) is 11.9. The molecule has 1 saturated carbocycles. The number of amides is 1. The van der Waals surface area contributed by atoms with Gasteiger partial charge in [-0.05, 0) is 36.8 Å². The van der Waals surface area contributed by atoms with Gasteiger partial charge in [0.1, 0.15) is 6.54 Å². The van der Waals surface area contributed by atoms with Gasteiger partial charge in [0.05, 0.1) is 5.92 Å². The first kappa shape index (κ1) is 13.9. The number of anilines is 1. The third-order valence-corrected chi connectivity index (χ3v) is 4.20. The van der Waals surface area contributed by atoms with Crippen LogP contribution in [0.15, 0.2) is 24.3 Å². The van der Waals surface area contributed by atoms with Crippen LogP contribution < -0.4 is 5.32 Å². The zero-order chi connectivity index (χ0) is 14.8. The number of carboxylic acids is 1. The highest BCUT2D eigenvalue weighted by Gasteiger charge is 2.34. The molecule has 1 amide bonds. The van der Waals surface area contributed by atoms with E-state index in [4.69, 9.17) is 5.11 Å². The van der Waals surface area contributed by atoms with Gasteiger partial charge in [-0.2, -0.15) is 0 Å². The fraction of sp³-hybridized carbons (Fsp3) is 0.500. The molecule has 5 heteroatoms. The predicted octanol–water partition coefficient (Wildman–Crippen LogP) is 1.91. The van der Waals surface area contributed by atoms with Gasteiger partial charge in [-0.25, -0.2) is 0 Å². The summed E-state index contributed by atoms with van der Waals surface area (Å²) in [5.41, 5.74) is 1.98. The normalized spacial score (nSPS) is 20.3. The Kier molecular flexibility index (Phi) is 3.82. The second-order valence-corrected chi connectivity index (χ2v) is 5.91. The number of rotatable bonds is 5. The van der Waals surface area contributed by atoms with E-state index in [0.717, 1.165) is 37.1 Å². The average molecular weight is 288 g/mol. The van der Waals surface area contributed by atoms with E-state index in [1.807, 2.05) is 24.3 Å². The summed E-state index contributed by atoms with van der Waals surface area (Å²) in [6.45, 7) is 1.14. The van der Waals surface area contributed by atoms with Crippen molar-refractivity contribution in [1.29, 1.82) is 0 Å². The molecule has 21 heavy (non-hydrogen) atoms. The molecule has 1 heterocycles. The van der Waals surface area contributed by atoms with Crippen LogP contribution in [0.25, 0.3) is 0 Å². The first-order chi connectivity index (χ1) is 10.1. The second-order valence-electron chi connectivity index (χ2n) is 5.91. The molecular weight excluding hydrogens is 268 g/mol. The summed E-state index contributed by atoms with van der Waals surface area (Å²) in [7, 11) is 0. The molecule has 3 rings (SSSR count). The highest BCUT2D eigenvalue weighted by Crippen LogP contribution is 2.35. The summed E-state index contributed by atoms with van der Waals surface area (Å²) in [5, 5.41) is 12.3. The maximum atomic E-state index is 12.8. The molecule has 0 radical (unpaired) electrons. The number of carbonyl (C=O) groups excluding carboxylic acids is 1. The van der Waals surface area contributed by atoms with Gasteiger partial charge in [-0.15, -0.1) is 0 Å². The zero-order valence-corrected chi connectivity index (χ0v) is 11.9. The van der Waals surface area contributed by atoms with Crippen LogP contribution in [0, 0.1) is 5.92 Å². The van der Waals surface area contributed by atoms with E-state index in [9.17, 15) is 9.59 Å². The highest BCUT2D eigenvalue weighted by molar-refractivity contribution is 5.88. The van der Waals surface area contributed by atoms with Crippen molar-refractivity contribution in [2.45, 2.75) is 25.2 Å². The van der Waals surface area contributed by atoms with Crippen molar-refractivity contribution in [2.24, 2.45) is 5.92 Å². The lowest BCUT2D eigenvalue weighted by Gasteiger charge is -2.30. The summed E-state index contributed by atoms with van der Waals surface area (Å²) in [4.78, 5) is 25.4. The smallest absolute Gasteiger partial charge is 0.323 e. The third-order valence-electron chi connectivity index (χ3n) is 4.20. The van der Waals surface area contributed by atoms with E-state index in [-0.39, 0.29) is 18.4 Å². The number of benzene rings is 1.